The smallest absolute Gasteiger partial charge is 0.269 e. The lowest BCUT2D eigenvalue weighted by Crippen LogP contribution is -2.41. The van der Waals surface area contributed by atoms with Gasteiger partial charge in [-0.3, -0.25) is 28.5 Å². The van der Waals surface area contributed by atoms with Crippen molar-refractivity contribution in [3.63, 3.8) is 0 Å². The second kappa shape index (κ2) is 25.3. The number of pyridine rings is 1. The molecular formula is C50H55N6O11S2+. The highest BCUT2D eigenvalue weighted by atomic mass is 32.2. The molecule has 362 valence electrons. The van der Waals surface area contributed by atoms with Crippen molar-refractivity contribution >= 4 is 77.0 Å². The fourth-order valence-electron chi connectivity index (χ4n) is 7.47. The molecule has 5 aromatic rings. The van der Waals surface area contributed by atoms with E-state index < -0.39 is 55.3 Å². The lowest BCUT2D eigenvalue weighted by molar-refractivity contribution is -0.645. The van der Waals surface area contributed by atoms with E-state index in [0.29, 0.717) is 59.1 Å². The quantitative estimate of drug-likeness (QED) is 0.0136. The number of hydrogen-bond donors (Lipinski definition) is 4. The topological polar surface area (TPSA) is 250 Å². The van der Waals surface area contributed by atoms with Crippen LogP contribution in [0, 0.1) is 36.5 Å². The molecule has 0 saturated carbocycles. The third-order valence-corrected chi connectivity index (χ3v) is 13.6. The number of carbonyl (C=O) groups excluding carboxylic acids is 5. The summed E-state index contributed by atoms with van der Waals surface area (Å²) in [5.41, 5.74) is 2.42. The van der Waals surface area contributed by atoms with Gasteiger partial charge >= 0.3 is 0 Å². The molecule has 0 fully saturated rings. The molecule has 4 amide bonds. The minimum atomic E-state index is -4.44. The fraction of sp³-hybridized carbons (Fsp3) is 0.340. The maximum Gasteiger partial charge on any atom is 0.269 e. The number of para-hydroxylation sites is 2. The number of unbranched alkanes of at least 4 members (excludes halogenated alkanes) is 2. The highest BCUT2D eigenvalue weighted by Crippen LogP contribution is 2.29. The van der Waals surface area contributed by atoms with Gasteiger partial charge in [-0.05, 0) is 81.1 Å². The number of benzene rings is 4. The molecule has 69 heavy (non-hydrogen) atoms. The highest BCUT2D eigenvalue weighted by Gasteiger charge is 2.34. The van der Waals surface area contributed by atoms with Crippen molar-refractivity contribution in [2.24, 2.45) is 5.92 Å². The summed E-state index contributed by atoms with van der Waals surface area (Å²) in [4.78, 5) is 64.6. The molecule has 4 aromatic carbocycles. The number of aryl methyl sites for hydroxylation is 2. The Hall–Kier alpha value is -7.19. The first kappa shape index (κ1) is 52.8. The molecule has 1 unspecified atom stereocenters. The van der Waals surface area contributed by atoms with Gasteiger partial charge in [0.2, 0.25) is 28.8 Å². The number of sulfonamides is 1. The second-order valence-corrected chi connectivity index (χ2v) is 19.5. The van der Waals surface area contributed by atoms with E-state index in [1.165, 1.54) is 12.1 Å². The van der Waals surface area contributed by atoms with Gasteiger partial charge in [0.1, 0.15) is 5.75 Å². The van der Waals surface area contributed by atoms with Crippen molar-refractivity contribution in [3.8, 4) is 24.2 Å². The van der Waals surface area contributed by atoms with Crippen LogP contribution in [0.2, 0.25) is 0 Å². The Morgan fingerprint density at radius 2 is 1.36 bits per heavy atom. The standard InChI is InChI=1S/C50H54N6O11S2/c1-3-4-18-45(57)42(35-51)49(60)54-37-23-25-38(26-24-37)67-33-11-5-6-19-46(58)52-29-30-53-47(59)20-12-32-56(69(65,66)39-27-21-36(2)22-28-39)50(61)48-40-14-7-9-16-43(40)55(31-13-34-68(62,63)64)44-17-10-8-15-41(44)48/h1,7-10,14-17,21-28,42H,4-6,11-13,18-20,29-34H2,2H3,(H3-,52,53,54,58,59,60,62,63,64)/p+1. The molecule has 1 heterocycles. The summed E-state index contributed by atoms with van der Waals surface area (Å²) in [5.74, 6) is -1.75. The Labute approximate surface area is 402 Å². The zero-order valence-electron chi connectivity index (χ0n) is 38.2. The van der Waals surface area contributed by atoms with Crippen LogP contribution >= 0.6 is 0 Å². The summed E-state index contributed by atoms with van der Waals surface area (Å²) < 4.78 is 69.4. The molecule has 1 aromatic heterocycles. The summed E-state index contributed by atoms with van der Waals surface area (Å²) >= 11 is 0. The number of hydrogen-bond acceptors (Lipinski definition) is 11. The van der Waals surface area contributed by atoms with Crippen LogP contribution in [0.4, 0.5) is 5.69 Å². The first-order valence-electron chi connectivity index (χ1n) is 22.4. The molecule has 17 nitrogen and oxygen atoms in total. The van der Waals surface area contributed by atoms with E-state index >= 15 is 0 Å². The average Bonchev–Trinajstić information content (AvgIpc) is 3.32. The van der Waals surface area contributed by atoms with E-state index in [4.69, 9.17) is 11.2 Å². The number of anilines is 1. The summed E-state index contributed by atoms with van der Waals surface area (Å²) in [5, 5.41) is 18.2. The maximum atomic E-state index is 14.8. The number of aromatic nitrogens is 1. The molecule has 0 radical (unpaired) electrons. The molecule has 1 atom stereocenters. The van der Waals surface area contributed by atoms with Crippen LogP contribution in [0.5, 0.6) is 5.75 Å². The molecule has 0 aliphatic heterocycles. The van der Waals surface area contributed by atoms with Crippen LogP contribution in [0.15, 0.2) is 102 Å². The second-order valence-electron chi connectivity index (χ2n) is 16.1. The molecule has 0 saturated heterocycles. The van der Waals surface area contributed by atoms with Crippen LogP contribution in [0.3, 0.4) is 0 Å². The van der Waals surface area contributed by atoms with Gasteiger partial charge in [0.15, 0.2) is 18.2 Å². The summed E-state index contributed by atoms with van der Waals surface area (Å²) in [6, 6.07) is 28.1. The molecule has 0 bridgehead atoms. The van der Waals surface area contributed by atoms with Gasteiger partial charge in [-0.15, -0.1) is 12.3 Å². The van der Waals surface area contributed by atoms with Gasteiger partial charge in [0.05, 0.1) is 39.7 Å². The lowest BCUT2D eigenvalue weighted by Gasteiger charge is -2.24. The largest absolute Gasteiger partial charge is 0.494 e. The van der Waals surface area contributed by atoms with Crippen LogP contribution < -0.4 is 25.3 Å². The number of nitrogens with one attached hydrogen (secondary N) is 3. The number of Topliss-reactive ketones (excluding diaryl/α,β-unsaturated/α-hetero) is 1. The summed E-state index contributed by atoms with van der Waals surface area (Å²) in [6.07, 6.45) is 7.42. The van der Waals surface area contributed by atoms with Gasteiger partial charge < -0.3 is 20.7 Å². The number of ether oxygens (including phenoxy) is 1. The first-order valence-corrected chi connectivity index (χ1v) is 25.4. The molecule has 0 aliphatic carbocycles. The zero-order chi connectivity index (χ0) is 50.0. The minimum Gasteiger partial charge on any atom is -0.494 e. The number of nitrogens with zero attached hydrogens (tertiary/aromatic N) is 3. The Morgan fingerprint density at radius 3 is 1.94 bits per heavy atom. The Balaban J connectivity index is 1.09. The van der Waals surface area contributed by atoms with E-state index in [2.05, 4.69) is 21.9 Å². The SMILES string of the molecule is C#CCCC(=O)C(C#N)C(=O)Nc1ccc(OCCCCCC(=O)NCCNC(=O)CCCN(C(=O)c2c3ccccc3[n+](CCCS(=O)(=O)O)c3ccccc23)S(=O)(=O)c2ccc(C)cc2)cc1. The number of carbonyl (C=O) groups is 5. The van der Waals surface area contributed by atoms with E-state index in [1.807, 2.05) is 4.57 Å². The van der Waals surface area contributed by atoms with Crippen molar-refractivity contribution in [3.05, 3.63) is 108 Å². The van der Waals surface area contributed by atoms with E-state index in [9.17, 15) is 50.6 Å². The molecule has 5 rings (SSSR count). The Kier molecular flexibility index (Phi) is 19.3. The van der Waals surface area contributed by atoms with Gasteiger partial charge in [-0.1, -0.05) is 42.0 Å². The van der Waals surface area contributed by atoms with Crippen LogP contribution in [-0.2, 0) is 45.9 Å². The molecule has 19 heteroatoms. The van der Waals surface area contributed by atoms with Crippen LogP contribution in [0.1, 0.15) is 73.7 Å². The van der Waals surface area contributed by atoms with Gasteiger partial charge in [0, 0.05) is 69.6 Å². The highest BCUT2D eigenvalue weighted by molar-refractivity contribution is 7.89. The molecule has 0 aliphatic rings. The summed E-state index contributed by atoms with van der Waals surface area (Å²) in [7, 11) is -8.67. The lowest BCUT2D eigenvalue weighted by atomic mass is 10.0. The number of rotatable bonds is 26. The Bertz CT molecular complexity index is 2910. The van der Waals surface area contributed by atoms with Crippen molar-refractivity contribution in [1.29, 1.82) is 5.26 Å². The first-order chi connectivity index (χ1) is 33.0. The maximum absolute atomic E-state index is 14.8. The van der Waals surface area contributed by atoms with E-state index in [-0.39, 0.29) is 81.1 Å². The number of fused-ring (bicyclic) bond motifs is 2. The van der Waals surface area contributed by atoms with Crippen LogP contribution in [-0.4, -0.2) is 87.1 Å². The zero-order valence-corrected chi connectivity index (χ0v) is 39.8. The third-order valence-electron chi connectivity index (χ3n) is 11.0. The predicted octanol–water partition coefficient (Wildman–Crippen LogP) is 5.41. The van der Waals surface area contributed by atoms with Gasteiger partial charge in [-0.2, -0.15) is 18.2 Å². The normalized spacial score (nSPS) is 11.8. The Morgan fingerprint density at radius 1 is 0.768 bits per heavy atom. The monoisotopic (exact) mass is 979 g/mol. The fourth-order valence-corrected chi connectivity index (χ4v) is 9.38. The number of ketones is 1. The third kappa shape index (κ3) is 15.2. The van der Waals surface area contributed by atoms with Crippen molar-refractivity contribution < 1.29 is 54.7 Å². The number of terminal acetylenes is 1. The number of amides is 4. The molecule has 0 spiro atoms. The van der Waals surface area contributed by atoms with Crippen molar-refractivity contribution in [2.45, 2.75) is 76.2 Å². The average molecular weight is 980 g/mol. The van der Waals surface area contributed by atoms with Gasteiger partial charge in [-0.25, -0.2) is 12.7 Å². The van der Waals surface area contributed by atoms with Gasteiger partial charge in [0.25, 0.3) is 26.0 Å². The van der Waals surface area contributed by atoms with E-state index in [1.54, 1.807) is 97.9 Å². The van der Waals surface area contributed by atoms with Crippen molar-refractivity contribution in [2.75, 3.05) is 37.3 Å². The number of nitriles is 1. The van der Waals surface area contributed by atoms with Crippen molar-refractivity contribution in [1.82, 2.24) is 14.9 Å². The minimum absolute atomic E-state index is 0.0118. The summed E-state index contributed by atoms with van der Waals surface area (Å²) in [6.45, 7) is 2.33. The molecular weight excluding hydrogens is 925 g/mol. The van der Waals surface area contributed by atoms with E-state index in [0.717, 1.165) is 9.87 Å². The predicted molar refractivity (Wildman–Crippen MR) is 259 cm³/mol. The molecule has 4 N–H and O–H groups in total. The van der Waals surface area contributed by atoms with Crippen LogP contribution in [0.25, 0.3) is 21.8 Å².